The number of nitrogens with zero attached hydrogens (tertiary/aromatic N) is 1. The van der Waals surface area contributed by atoms with E-state index < -0.39 is 0 Å². The molecule has 0 aliphatic heterocycles. The van der Waals surface area contributed by atoms with Crippen molar-refractivity contribution in [3.63, 3.8) is 0 Å². The van der Waals surface area contributed by atoms with E-state index in [1.54, 1.807) is 43.3 Å². The van der Waals surface area contributed by atoms with E-state index >= 15 is 0 Å². The normalized spacial score (nSPS) is 11.8. The summed E-state index contributed by atoms with van der Waals surface area (Å²) in [6.07, 6.45) is 0. The van der Waals surface area contributed by atoms with Crippen LogP contribution >= 0.6 is 0 Å². The Kier molecular flexibility index (Phi) is 5.45. The number of anilines is 1. The third kappa shape index (κ3) is 4.25. The molecule has 0 aliphatic rings. The Morgan fingerprint density at radius 2 is 2.06 bits per heavy atom. The van der Waals surface area contributed by atoms with Crippen LogP contribution in [-0.2, 0) is 0 Å². The van der Waals surface area contributed by atoms with Gasteiger partial charge in [-0.25, -0.2) is 4.79 Å². The van der Waals surface area contributed by atoms with Gasteiger partial charge in [-0.15, -0.1) is 0 Å². The van der Waals surface area contributed by atoms with Crippen molar-refractivity contribution in [1.29, 1.82) is 0 Å². The average Bonchev–Trinajstić information content (AvgIpc) is 2.39. The van der Waals surface area contributed by atoms with Crippen molar-refractivity contribution >= 4 is 11.7 Å². The summed E-state index contributed by atoms with van der Waals surface area (Å²) < 4.78 is 5.05. The van der Waals surface area contributed by atoms with E-state index in [0.717, 1.165) is 11.4 Å². The van der Waals surface area contributed by atoms with E-state index in [-0.39, 0.29) is 11.9 Å². The molecule has 1 rings (SSSR count). The minimum atomic E-state index is -0.138. The first-order valence-corrected chi connectivity index (χ1v) is 5.93. The predicted molar refractivity (Wildman–Crippen MR) is 72.9 cm³/mol. The van der Waals surface area contributed by atoms with Crippen LogP contribution in [-0.4, -0.2) is 38.2 Å². The number of carbonyl (C=O) groups excluding carboxylic acids is 1. The lowest BCUT2D eigenvalue weighted by molar-refractivity contribution is 0.216. The molecule has 0 aliphatic carbocycles. The molecule has 2 amide bonds. The molecule has 0 saturated carbocycles. The maximum absolute atomic E-state index is 11.9. The summed E-state index contributed by atoms with van der Waals surface area (Å²) in [6, 6.07) is 7.07. The molecule has 1 aromatic carbocycles. The number of rotatable bonds is 5. The van der Waals surface area contributed by atoms with Gasteiger partial charge >= 0.3 is 6.03 Å². The van der Waals surface area contributed by atoms with Crippen molar-refractivity contribution in [3.8, 4) is 5.75 Å². The van der Waals surface area contributed by atoms with Gasteiger partial charge in [0.2, 0.25) is 0 Å². The van der Waals surface area contributed by atoms with Crippen LogP contribution in [0.1, 0.15) is 6.92 Å². The molecule has 100 valence electrons. The lowest BCUT2D eigenvalue weighted by Crippen LogP contribution is -2.36. The van der Waals surface area contributed by atoms with Gasteiger partial charge in [0, 0.05) is 19.3 Å². The zero-order valence-electron chi connectivity index (χ0n) is 11.1. The topological polar surface area (TPSA) is 67.6 Å². The summed E-state index contributed by atoms with van der Waals surface area (Å²) in [5.41, 5.74) is 6.28. The van der Waals surface area contributed by atoms with Crippen molar-refractivity contribution in [2.24, 2.45) is 11.7 Å². The molecular weight excluding hydrogens is 230 g/mol. The van der Waals surface area contributed by atoms with Gasteiger partial charge < -0.3 is 20.7 Å². The number of ether oxygens (including phenoxy) is 1. The largest absolute Gasteiger partial charge is 0.497 e. The van der Waals surface area contributed by atoms with E-state index in [4.69, 9.17) is 10.5 Å². The van der Waals surface area contributed by atoms with Crippen LogP contribution in [0, 0.1) is 5.92 Å². The maximum atomic E-state index is 11.9. The molecular formula is C13H21N3O2. The predicted octanol–water partition coefficient (Wildman–Crippen LogP) is 1.75. The number of hydrogen-bond donors (Lipinski definition) is 2. The molecule has 0 heterocycles. The first kappa shape index (κ1) is 14.3. The van der Waals surface area contributed by atoms with Gasteiger partial charge in [-0.1, -0.05) is 6.92 Å². The number of carbonyl (C=O) groups is 1. The highest BCUT2D eigenvalue weighted by atomic mass is 16.5. The number of methoxy groups -OCH3 is 1. The monoisotopic (exact) mass is 251 g/mol. The summed E-state index contributed by atoms with van der Waals surface area (Å²) in [6.45, 7) is 3.22. The van der Waals surface area contributed by atoms with Crippen LogP contribution < -0.4 is 15.8 Å². The Morgan fingerprint density at radius 3 is 2.56 bits per heavy atom. The van der Waals surface area contributed by atoms with Crippen LogP contribution in [0.25, 0.3) is 0 Å². The quantitative estimate of drug-likeness (QED) is 0.837. The molecule has 5 nitrogen and oxygen atoms in total. The standard InChI is InChI=1S/C13H21N3O2/c1-10(8-14)9-16(2)13(17)15-11-4-6-12(18-3)7-5-11/h4-7,10H,8-9,14H2,1-3H3,(H,15,17). The molecule has 3 N–H and O–H groups in total. The number of hydrogen-bond acceptors (Lipinski definition) is 3. The van der Waals surface area contributed by atoms with Crippen molar-refractivity contribution in [1.82, 2.24) is 4.90 Å². The van der Waals surface area contributed by atoms with Crippen LogP contribution in [0.5, 0.6) is 5.75 Å². The van der Waals surface area contributed by atoms with Gasteiger partial charge in [0.15, 0.2) is 0 Å². The first-order valence-electron chi connectivity index (χ1n) is 5.93. The second-order valence-electron chi connectivity index (χ2n) is 4.38. The SMILES string of the molecule is COc1ccc(NC(=O)N(C)CC(C)CN)cc1. The summed E-state index contributed by atoms with van der Waals surface area (Å²) in [4.78, 5) is 13.5. The number of nitrogens with two attached hydrogens (primary N) is 1. The van der Waals surface area contributed by atoms with Gasteiger partial charge in [-0.3, -0.25) is 0 Å². The maximum Gasteiger partial charge on any atom is 0.321 e. The molecule has 0 radical (unpaired) electrons. The molecule has 0 spiro atoms. The number of nitrogens with one attached hydrogen (secondary N) is 1. The summed E-state index contributed by atoms with van der Waals surface area (Å²) in [7, 11) is 3.36. The Labute approximate surface area is 108 Å². The molecule has 0 fully saturated rings. The van der Waals surface area contributed by atoms with Crippen molar-refractivity contribution in [2.45, 2.75) is 6.92 Å². The minimum Gasteiger partial charge on any atom is -0.497 e. The summed E-state index contributed by atoms with van der Waals surface area (Å²) >= 11 is 0. The fraction of sp³-hybridized carbons (Fsp3) is 0.462. The fourth-order valence-corrected chi connectivity index (χ4v) is 1.52. The van der Waals surface area contributed by atoms with E-state index in [1.807, 2.05) is 6.92 Å². The Balaban J connectivity index is 2.52. The summed E-state index contributed by atoms with van der Waals surface area (Å²) in [5.74, 6) is 1.05. The molecule has 0 bridgehead atoms. The highest BCUT2D eigenvalue weighted by Gasteiger charge is 2.11. The van der Waals surface area contributed by atoms with E-state index in [0.29, 0.717) is 13.1 Å². The van der Waals surface area contributed by atoms with Crippen molar-refractivity contribution < 1.29 is 9.53 Å². The summed E-state index contributed by atoms with van der Waals surface area (Å²) in [5, 5.41) is 2.81. The molecule has 0 aromatic heterocycles. The molecule has 0 saturated heterocycles. The van der Waals surface area contributed by atoms with Crippen molar-refractivity contribution in [2.75, 3.05) is 32.6 Å². The second-order valence-corrected chi connectivity index (χ2v) is 4.38. The molecule has 5 heteroatoms. The second kappa shape index (κ2) is 6.86. The molecule has 1 unspecified atom stereocenters. The van der Waals surface area contributed by atoms with E-state index in [1.165, 1.54) is 0 Å². The lowest BCUT2D eigenvalue weighted by Gasteiger charge is -2.21. The van der Waals surface area contributed by atoms with Crippen LogP contribution in [0.15, 0.2) is 24.3 Å². The smallest absolute Gasteiger partial charge is 0.321 e. The van der Waals surface area contributed by atoms with Gasteiger partial charge in [0.05, 0.1) is 7.11 Å². The lowest BCUT2D eigenvalue weighted by atomic mass is 10.2. The Morgan fingerprint density at radius 1 is 1.44 bits per heavy atom. The van der Waals surface area contributed by atoms with Crippen LogP contribution in [0.4, 0.5) is 10.5 Å². The van der Waals surface area contributed by atoms with Gasteiger partial charge in [-0.05, 0) is 36.7 Å². The zero-order chi connectivity index (χ0) is 13.5. The van der Waals surface area contributed by atoms with Crippen molar-refractivity contribution in [3.05, 3.63) is 24.3 Å². The van der Waals surface area contributed by atoms with Gasteiger partial charge in [-0.2, -0.15) is 0 Å². The Bertz CT molecular complexity index is 378. The number of benzene rings is 1. The fourth-order valence-electron chi connectivity index (χ4n) is 1.52. The van der Waals surface area contributed by atoms with E-state index in [9.17, 15) is 4.79 Å². The van der Waals surface area contributed by atoms with Gasteiger partial charge in [0.1, 0.15) is 5.75 Å². The zero-order valence-corrected chi connectivity index (χ0v) is 11.1. The van der Waals surface area contributed by atoms with E-state index in [2.05, 4.69) is 5.32 Å². The van der Waals surface area contributed by atoms with Gasteiger partial charge in [0.25, 0.3) is 0 Å². The average molecular weight is 251 g/mol. The van der Waals surface area contributed by atoms with Crippen LogP contribution in [0.2, 0.25) is 0 Å². The minimum absolute atomic E-state index is 0.138. The highest BCUT2D eigenvalue weighted by Crippen LogP contribution is 2.15. The first-order chi connectivity index (χ1) is 8.56. The highest BCUT2D eigenvalue weighted by molar-refractivity contribution is 5.89. The molecule has 1 aromatic rings. The third-order valence-electron chi connectivity index (χ3n) is 2.68. The Hall–Kier alpha value is -1.75. The molecule has 18 heavy (non-hydrogen) atoms. The number of amides is 2. The molecule has 1 atom stereocenters. The number of urea groups is 1. The van der Waals surface area contributed by atoms with Crippen LogP contribution in [0.3, 0.4) is 0 Å². The third-order valence-corrected chi connectivity index (χ3v) is 2.68.